The zero-order chi connectivity index (χ0) is 4.28. The van der Waals surface area contributed by atoms with Gasteiger partial charge in [-0.05, 0) is 8.93 Å². The summed E-state index contributed by atoms with van der Waals surface area (Å²) in [6.07, 6.45) is 0. The maximum atomic E-state index is 9.77. The Morgan fingerprint density at radius 1 is 2.00 bits per heavy atom. The molecule has 0 unspecified atom stereocenters. The minimum Gasteiger partial charge on any atom is -0.287 e. The summed E-state index contributed by atoms with van der Waals surface area (Å²) in [5.41, 5.74) is 0. The van der Waals surface area contributed by atoms with Crippen molar-refractivity contribution in [3.05, 3.63) is 0 Å². The van der Waals surface area contributed by atoms with Gasteiger partial charge in [0, 0.05) is 28.1 Å². The second-order valence-corrected chi connectivity index (χ2v) is 2.62. The third-order valence-corrected chi connectivity index (χ3v) is 2.19. The van der Waals surface area contributed by atoms with E-state index >= 15 is 0 Å². The molecule has 1 nitrogen and oxygen atoms in total. The van der Waals surface area contributed by atoms with Gasteiger partial charge in [0.25, 0.3) is 0 Å². The molecule has 5 heavy (non-hydrogen) atoms. The van der Waals surface area contributed by atoms with Crippen LogP contribution in [0.4, 0.5) is 0 Å². The standard InChI is InChI=1S/C2H3IOS/c1-2(4)5-3/h1H3. The lowest BCUT2D eigenvalue weighted by molar-refractivity contribution is -0.109. The predicted octanol–water partition coefficient (Wildman–Crippen LogP) is 1.62. The molecule has 0 bridgehead atoms. The molecule has 0 aromatic carbocycles. The first-order chi connectivity index (χ1) is 2.27. The fourth-order valence-corrected chi connectivity index (χ4v) is 0. The Labute approximate surface area is 47.1 Å². The Kier molecular flexibility index (Phi) is 3.40. The highest BCUT2D eigenvalue weighted by Crippen LogP contribution is 2.09. The first kappa shape index (κ1) is 5.75. The van der Waals surface area contributed by atoms with E-state index in [1.165, 1.54) is 15.9 Å². The Morgan fingerprint density at radius 2 is 2.20 bits per heavy atom. The molecule has 0 saturated carbocycles. The predicted molar refractivity (Wildman–Crippen MR) is 32.3 cm³/mol. The first-order valence-corrected chi connectivity index (χ1v) is 4.42. The average Bonchev–Trinajstić information content (AvgIpc) is 1.38. The van der Waals surface area contributed by atoms with Gasteiger partial charge >= 0.3 is 0 Å². The molecule has 0 aliphatic rings. The van der Waals surface area contributed by atoms with Crippen molar-refractivity contribution >= 4 is 35.3 Å². The SMILES string of the molecule is CC(=O)SI. The highest BCUT2D eigenvalue weighted by atomic mass is 127. The van der Waals surface area contributed by atoms with E-state index in [4.69, 9.17) is 0 Å². The maximum Gasteiger partial charge on any atom is 0.195 e. The number of rotatable bonds is 0. The van der Waals surface area contributed by atoms with Gasteiger partial charge in [-0.3, -0.25) is 4.79 Å². The molecule has 0 amide bonds. The van der Waals surface area contributed by atoms with E-state index in [2.05, 4.69) is 0 Å². The van der Waals surface area contributed by atoms with E-state index in [1.807, 2.05) is 21.2 Å². The van der Waals surface area contributed by atoms with E-state index in [-0.39, 0.29) is 5.12 Å². The molecule has 0 aliphatic heterocycles. The smallest absolute Gasteiger partial charge is 0.195 e. The fraction of sp³-hybridized carbons (Fsp3) is 0.500. The molecule has 0 saturated heterocycles. The third-order valence-electron chi connectivity index (χ3n) is 0.109. The topological polar surface area (TPSA) is 17.1 Å². The van der Waals surface area contributed by atoms with Crippen molar-refractivity contribution in [1.82, 2.24) is 0 Å². The van der Waals surface area contributed by atoms with Crippen LogP contribution in [-0.2, 0) is 4.79 Å². The van der Waals surface area contributed by atoms with Crippen molar-refractivity contribution in [3.8, 4) is 0 Å². The number of hydrogen-bond donors (Lipinski definition) is 0. The fourth-order valence-electron chi connectivity index (χ4n) is 0. The summed E-state index contributed by atoms with van der Waals surface area (Å²) in [6.45, 7) is 1.54. The summed E-state index contributed by atoms with van der Waals surface area (Å²) in [5, 5.41) is 0.158. The van der Waals surface area contributed by atoms with Crippen LogP contribution in [0.3, 0.4) is 0 Å². The van der Waals surface area contributed by atoms with Crippen LogP contribution in [0.1, 0.15) is 6.92 Å². The zero-order valence-electron chi connectivity index (χ0n) is 2.69. The van der Waals surface area contributed by atoms with Crippen molar-refractivity contribution in [3.63, 3.8) is 0 Å². The van der Waals surface area contributed by atoms with Crippen LogP contribution < -0.4 is 0 Å². The molecule has 0 rings (SSSR count). The summed E-state index contributed by atoms with van der Waals surface area (Å²) >= 11 is 1.94. The highest BCUT2D eigenvalue weighted by Gasteiger charge is 1.80. The van der Waals surface area contributed by atoms with Crippen molar-refractivity contribution in [2.45, 2.75) is 6.92 Å². The third kappa shape index (κ3) is 4.75. The Hall–Kier alpha value is 0.750. The molecular formula is C2H3IOS. The largest absolute Gasteiger partial charge is 0.287 e. The number of carbonyl (C=O) groups excluding carboxylic acids is 1. The Bertz CT molecular complexity index is 44.9. The normalized spacial score (nSPS) is 7.60. The van der Waals surface area contributed by atoms with Gasteiger partial charge < -0.3 is 0 Å². The molecule has 0 atom stereocenters. The van der Waals surface area contributed by atoms with Gasteiger partial charge in [-0.25, -0.2) is 0 Å². The van der Waals surface area contributed by atoms with E-state index in [0.717, 1.165) is 0 Å². The molecule has 3 heteroatoms. The van der Waals surface area contributed by atoms with Gasteiger partial charge in [-0.15, -0.1) is 0 Å². The lowest BCUT2D eigenvalue weighted by Gasteiger charge is -1.68. The Morgan fingerprint density at radius 3 is 2.20 bits per heavy atom. The van der Waals surface area contributed by atoms with Crippen molar-refractivity contribution in [1.29, 1.82) is 0 Å². The van der Waals surface area contributed by atoms with Crippen LogP contribution in [0, 0.1) is 0 Å². The van der Waals surface area contributed by atoms with Crippen LogP contribution in [0.2, 0.25) is 0 Å². The average molecular weight is 202 g/mol. The van der Waals surface area contributed by atoms with Crippen molar-refractivity contribution < 1.29 is 4.79 Å². The molecule has 0 aromatic heterocycles. The number of hydrogen-bond acceptors (Lipinski definition) is 2. The monoisotopic (exact) mass is 202 g/mol. The van der Waals surface area contributed by atoms with Gasteiger partial charge in [0.05, 0.1) is 0 Å². The lowest BCUT2D eigenvalue weighted by atomic mass is 10.9. The quantitative estimate of drug-likeness (QED) is 0.555. The highest BCUT2D eigenvalue weighted by molar-refractivity contribution is 14.2. The number of carbonyl (C=O) groups is 1. The lowest BCUT2D eigenvalue weighted by Crippen LogP contribution is -1.67. The second kappa shape index (κ2) is 2.96. The minimum atomic E-state index is 0.158. The molecule has 0 spiro atoms. The van der Waals surface area contributed by atoms with E-state index < -0.39 is 0 Å². The van der Waals surface area contributed by atoms with Gasteiger partial charge in [-0.1, -0.05) is 0 Å². The summed E-state index contributed by atoms with van der Waals surface area (Å²) in [4.78, 5) is 9.77. The Balaban J connectivity index is 2.85. The van der Waals surface area contributed by atoms with Crippen LogP contribution in [-0.4, -0.2) is 5.12 Å². The van der Waals surface area contributed by atoms with Gasteiger partial charge in [-0.2, -0.15) is 0 Å². The van der Waals surface area contributed by atoms with E-state index in [9.17, 15) is 4.79 Å². The second-order valence-electron chi connectivity index (χ2n) is 0.569. The maximum absolute atomic E-state index is 9.77. The molecule has 0 N–H and O–H groups in total. The van der Waals surface area contributed by atoms with Crippen LogP contribution >= 0.6 is 30.1 Å². The van der Waals surface area contributed by atoms with E-state index in [1.54, 1.807) is 0 Å². The molecule has 0 aromatic rings. The number of halogens is 1. The van der Waals surface area contributed by atoms with Crippen LogP contribution in [0.25, 0.3) is 0 Å². The molecule has 0 heterocycles. The molecule has 0 aliphatic carbocycles. The summed E-state index contributed by atoms with van der Waals surface area (Å²) < 4.78 is 0. The summed E-state index contributed by atoms with van der Waals surface area (Å²) in [5.74, 6) is 0. The first-order valence-electron chi connectivity index (χ1n) is 1.06. The van der Waals surface area contributed by atoms with E-state index in [0.29, 0.717) is 0 Å². The molecule has 0 fully saturated rings. The molecule has 0 radical (unpaired) electrons. The van der Waals surface area contributed by atoms with Gasteiger partial charge in [0.1, 0.15) is 0 Å². The van der Waals surface area contributed by atoms with Gasteiger partial charge in [0.2, 0.25) is 0 Å². The van der Waals surface area contributed by atoms with Crippen LogP contribution in [0.5, 0.6) is 0 Å². The molecular weight excluding hydrogens is 199 g/mol. The summed E-state index contributed by atoms with van der Waals surface area (Å²) in [7, 11) is 1.21. The van der Waals surface area contributed by atoms with Crippen LogP contribution in [0.15, 0.2) is 0 Å². The minimum absolute atomic E-state index is 0.158. The zero-order valence-corrected chi connectivity index (χ0v) is 5.67. The van der Waals surface area contributed by atoms with Crippen molar-refractivity contribution in [2.75, 3.05) is 0 Å². The summed E-state index contributed by atoms with van der Waals surface area (Å²) in [6, 6.07) is 0. The molecule has 30 valence electrons. The van der Waals surface area contributed by atoms with Gasteiger partial charge in [0.15, 0.2) is 5.12 Å². The van der Waals surface area contributed by atoms with Crippen molar-refractivity contribution in [2.24, 2.45) is 0 Å².